The van der Waals surface area contributed by atoms with Gasteiger partial charge in [0, 0.05) is 10.8 Å². The number of rotatable bonds is 8. The molecular formula is C12H27NOS. The molecular weight excluding hydrogens is 206 g/mol. The SMILES string of the molecule is CNC(C)(CO)CC(C)SCCC(C)C. The first-order chi connectivity index (χ1) is 6.93. The quantitative estimate of drug-likeness (QED) is 0.676. The normalized spacial score (nSPS) is 17.8. The van der Waals surface area contributed by atoms with E-state index < -0.39 is 0 Å². The summed E-state index contributed by atoms with van der Waals surface area (Å²) in [5.74, 6) is 2.02. The summed E-state index contributed by atoms with van der Waals surface area (Å²) in [6.45, 7) is 9.05. The van der Waals surface area contributed by atoms with Crippen LogP contribution in [0.4, 0.5) is 0 Å². The van der Waals surface area contributed by atoms with Crippen molar-refractivity contribution in [3.63, 3.8) is 0 Å². The highest BCUT2D eigenvalue weighted by atomic mass is 32.2. The van der Waals surface area contributed by atoms with Crippen molar-refractivity contribution < 1.29 is 5.11 Å². The maximum atomic E-state index is 9.28. The summed E-state index contributed by atoms with van der Waals surface area (Å²) in [5.41, 5.74) is -0.121. The Morgan fingerprint density at radius 1 is 1.33 bits per heavy atom. The predicted molar refractivity (Wildman–Crippen MR) is 70.5 cm³/mol. The lowest BCUT2D eigenvalue weighted by Gasteiger charge is -2.29. The van der Waals surface area contributed by atoms with Crippen LogP contribution in [0.3, 0.4) is 0 Å². The Kier molecular flexibility index (Phi) is 7.66. The van der Waals surface area contributed by atoms with Crippen LogP contribution in [0.25, 0.3) is 0 Å². The molecule has 0 aromatic rings. The first-order valence-corrected chi connectivity index (χ1v) is 6.90. The highest BCUT2D eigenvalue weighted by Crippen LogP contribution is 2.22. The standard InChI is InChI=1S/C12H27NOS/c1-10(2)6-7-15-11(3)8-12(4,9-14)13-5/h10-11,13-14H,6-9H2,1-5H3. The van der Waals surface area contributed by atoms with Gasteiger partial charge in [-0.15, -0.1) is 0 Å². The topological polar surface area (TPSA) is 32.3 Å². The highest BCUT2D eigenvalue weighted by molar-refractivity contribution is 7.99. The third kappa shape index (κ3) is 7.20. The Morgan fingerprint density at radius 3 is 2.33 bits per heavy atom. The molecule has 3 heteroatoms. The molecule has 0 spiro atoms. The first kappa shape index (κ1) is 15.3. The second kappa shape index (κ2) is 7.53. The first-order valence-electron chi connectivity index (χ1n) is 5.85. The molecule has 0 amide bonds. The lowest BCUT2D eigenvalue weighted by molar-refractivity contribution is 0.174. The number of likely N-dealkylation sites (N-methyl/N-ethyl adjacent to an activating group) is 1. The van der Waals surface area contributed by atoms with Crippen LogP contribution in [0.15, 0.2) is 0 Å². The molecule has 0 aliphatic heterocycles. The number of thioether (sulfide) groups is 1. The minimum atomic E-state index is -0.121. The fourth-order valence-electron chi connectivity index (χ4n) is 1.44. The fraction of sp³-hybridized carbons (Fsp3) is 1.00. The molecule has 0 saturated heterocycles. The van der Waals surface area contributed by atoms with Gasteiger partial charge in [-0.05, 0) is 38.5 Å². The zero-order chi connectivity index (χ0) is 11.9. The van der Waals surface area contributed by atoms with Gasteiger partial charge < -0.3 is 10.4 Å². The third-order valence-electron chi connectivity index (χ3n) is 2.79. The molecule has 2 N–H and O–H groups in total. The van der Waals surface area contributed by atoms with Crippen LogP contribution < -0.4 is 5.32 Å². The summed E-state index contributed by atoms with van der Waals surface area (Å²) in [6, 6.07) is 0. The molecule has 0 radical (unpaired) electrons. The predicted octanol–water partition coefficient (Wildman–Crippen LogP) is 2.51. The minimum Gasteiger partial charge on any atom is -0.394 e. The molecule has 0 heterocycles. The van der Waals surface area contributed by atoms with Crippen molar-refractivity contribution in [3.8, 4) is 0 Å². The van der Waals surface area contributed by atoms with E-state index >= 15 is 0 Å². The largest absolute Gasteiger partial charge is 0.394 e. The average Bonchev–Trinajstić information content (AvgIpc) is 2.17. The van der Waals surface area contributed by atoms with Crippen molar-refractivity contribution in [2.24, 2.45) is 5.92 Å². The monoisotopic (exact) mass is 233 g/mol. The molecule has 0 fully saturated rings. The molecule has 0 rings (SSSR count). The maximum absolute atomic E-state index is 9.28. The van der Waals surface area contributed by atoms with Gasteiger partial charge in [-0.3, -0.25) is 0 Å². The van der Waals surface area contributed by atoms with Crippen molar-refractivity contribution in [3.05, 3.63) is 0 Å². The van der Waals surface area contributed by atoms with Crippen LogP contribution in [0, 0.1) is 5.92 Å². The van der Waals surface area contributed by atoms with Crippen LogP contribution in [0.5, 0.6) is 0 Å². The van der Waals surface area contributed by atoms with E-state index in [0.717, 1.165) is 12.3 Å². The maximum Gasteiger partial charge on any atom is 0.0610 e. The van der Waals surface area contributed by atoms with Crippen molar-refractivity contribution in [2.75, 3.05) is 19.4 Å². The number of hydrogen-bond donors (Lipinski definition) is 2. The van der Waals surface area contributed by atoms with Gasteiger partial charge >= 0.3 is 0 Å². The molecule has 2 atom stereocenters. The van der Waals surface area contributed by atoms with Crippen molar-refractivity contribution >= 4 is 11.8 Å². The van der Waals surface area contributed by atoms with E-state index in [4.69, 9.17) is 0 Å². The number of hydrogen-bond acceptors (Lipinski definition) is 3. The van der Waals surface area contributed by atoms with E-state index in [1.807, 2.05) is 18.8 Å². The summed E-state index contributed by atoms with van der Waals surface area (Å²) in [4.78, 5) is 0. The molecule has 2 nitrogen and oxygen atoms in total. The van der Waals surface area contributed by atoms with Gasteiger partial charge in [0.25, 0.3) is 0 Å². The number of aliphatic hydroxyl groups excluding tert-OH is 1. The van der Waals surface area contributed by atoms with Crippen LogP contribution >= 0.6 is 11.8 Å². The summed E-state index contributed by atoms with van der Waals surface area (Å²) in [6.07, 6.45) is 2.30. The van der Waals surface area contributed by atoms with Crippen molar-refractivity contribution in [1.29, 1.82) is 0 Å². The zero-order valence-corrected chi connectivity index (χ0v) is 11.7. The number of nitrogens with one attached hydrogen (secondary N) is 1. The van der Waals surface area contributed by atoms with Gasteiger partial charge in [-0.2, -0.15) is 11.8 Å². The smallest absolute Gasteiger partial charge is 0.0610 e. The lowest BCUT2D eigenvalue weighted by atomic mass is 9.97. The van der Waals surface area contributed by atoms with Crippen LogP contribution in [0.2, 0.25) is 0 Å². The van der Waals surface area contributed by atoms with E-state index in [1.54, 1.807) is 0 Å². The van der Waals surface area contributed by atoms with E-state index in [-0.39, 0.29) is 12.1 Å². The molecule has 0 aromatic carbocycles. The van der Waals surface area contributed by atoms with Gasteiger partial charge in [-0.25, -0.2) is 0 Å². The van der Waals surface area contributed by atoms with Gasteiger partial charge in [0.05, 0.1) is 6.61 Å². The molecule has 0 aromatic heterocycles. The summed E-state index contributed by atoms with van der Waals surface area (Å²) < 4.78 is 0. The van der Waals surface area contributed by atoms with Crippen LogP contribution in [-0.4, -0.2) is 35.3 Å². The summed E-state index contributed by atoms with van der Waals surface area (Å²) in [7, 11) is 1.92. The molecule has 15 heavy (non-hydrogen) atoms. The van der Waals surface area contributed by atoms with Crippen LogP contribution in [0.1, 0.15) is 40.5 Å². The molecule has 2 unspecified atom stereocenters. The molecule has 0 aliphatic rings. The van der Waals surface area contributed by atoms with E-state index in [2.05, 4.69) is 33.0 Å². The second-order valence-corrected chi connectivity index (χ2v) is 6.58. The van der Waals surface area contributed by atoms with Gasteiger partial charge in [0.2, 0.25) is 0 Å². The molecule has 0 aliphatic carbocycles. The van der Waals surface area contributed by atoms with E-state index in [0.29, 0.717) is 5.25 Å². The lowest BCUT2D eigenvalue weighted by Crippen LogP contribution is -2.45. The Balaban J connectivity index is 3.76. The fourth-order valence-corrected chi connectivity index (χ4v) is 2.94. The highest BCUT2D eigenvalue weighted by Gasteiger charge is 2.23. The summed E-state index contributed by atoms with van der Waals surface area (Å²) >= 11 is 2.01. The Hall–Kier alpha value is 0.270. The average molecular weight is 233 g/mol. The minimum absolute atomic E-state index is 0.121. The zero-order valence-electron chi connectivity index (χ0n) is 10.8. The van der Waals surface area contributed by atoms with Gasteiger partial charge in [0.15, 0.2) is 0 Å². The molecule has 92 valence electrons. The van der Waals surface area contributed by atoms with Gasteiger partial charge in [-0.1, -0.05) is 20.8 Å². The molecule has 0 bridgehead atoms. The summed E-state index contributed by atoms with van der Waals surface area (Å²) in [5, 5.41) is 13.1. The van der Waals surface area contributed by atoms with Crippen molar-refractivity contribution in [2.45, 2.75) is 51.3 Å². The van der Waals surface area contributed by atoms with Gasteiger partial charge in [0.1, 0.15) is 0 Å². The Labute approximate surface area is 99.2 Å². The molecule has 0 saturated carbocycles. The van der Waals surface area contributed by atoms with E-state index in [1.165, 1.54) is 12.2 Å². The Morgan fingerprint density at radius 2 is 1.93 bits per heavy atom. The third-order valence-corrected chi connectivity index (χ3v) is 4.00. The second-order valence-electron chi connectivity index (χ2n) is 5.04. The van der Waals surface area contributed by atoms with Crippen molar-refractivity contribution in [1.82, 2.24) is 5.32 Å². The Bertz CT molecular complexity index is 158. The van der Waals surface area contributed by atoms with Crippen LogP contribution in [-0.2, 0) is 0 Å². The number of aliphatic hydroxyl groups is 1. The van der Waals surface area contributed by atoms with E-state index in [9.17, 15) is 5.11 Å².